The third kappa shape index (κ3) is 6.75. The van der Waals surface area contributed by atoms with E-state index in [0.717, 1.165) is 38.4 Å². The van der Waals surface area contributed by atoms with Crippen LogP contribution in [0.2, 0.25) is 0 Å². The molecule has 9 aliphatic rings. The zero-order chi connectivity index (χ0) is 47.2. The van der Waals surface area contributed by atoms with Gasteiger partial charge in [0.15, 0.2) is 18.9 Å². The molecule has 9 N–H and O–H groups in total. The molecule has 17 nitrogen and oxygen atoms in total. The summed E-state index contributed by atoms with van der Waals surface area (Å²) in [4.78, 5) is 12.5. The summed E-state index contributed by atoms with van der Waals surface area (Å²) < 4.78 is 43.1. The molecule has 17 heteroatoms. The van der Waals surface area contributed by atoms with Gasteiger partial charge < -0.3 is 83.9 Å². The Morgan fingerprint density at radius 3 is 2.08 bits per heavy atom. The molecule has 0 unspecified atom stereocenters. The van der Waals surface area contributed by atoms with Crippen molar-refractivity contribution >= 4 is 6.29 Å². The fourth-order valence-electron chi connectivity index (χ4n) is 16.2. The van der Waals surface area contributed by atoms with Gasteiger partial charge in [-0.1, -0.05) is 48.1 Å². The Labute approximate surface area is 381 Å². The van der Waals surface area contributed by atoms with Gasteiger partial charge in [-0.2, -0.15) is 0 Å². The second-order valence-corrected chi connectivity index (χ2v) is 23.5. The van der Waals surface area contributed by atoms with Gasteiger partial charge in [-0.05, 0) is 99.2 Å². The summed E-state index contributed by atoms with van der Waals surface area (Å²) in [5.74, 6) is 1.26. The lowest BCUT2D eigenvalue weighted by molar-refractivity contribution is -0.382. The Balaban J connectivity index is 0.889. The van der Waals surface area contributed by atoms with Crippen LogP contribution in [0.3, 0.4) is 0 Å². The molecule has 0 amide bonds. The Kier molecular flexibility index (Phi) is 12.2. The van der Waals surface area contributed by atoms with Gasteiger partial charge in [0, 0.05) is 16.7 Å². The summed E-state index contributed by atoms with van der Waals surface area (Å²) in [7, 11) is 0. The average molecular weight is 925 g/mol. The van der Waals surface area contributed by atoms with E-state index in [1.807, 2.05) is 0 Å². The normalized spacial score (nSPS) is 58.4. The van der Waals surface area contributed by atoms with Gasteiger partial charge in [-0.25, -0.2) is 0 Å². The van der Waals surface area contributed by atoms with Crippen LogP contribution in [0, 0.1) is 50.2 Å². The highest BCUT2D eigenvalue weighted by Gasteiger charge is 2.82. The Morgan fingerprint density at radius 2 is 1.38 bits per heavy atom. The van der Waals surface area contributed by atoms with E-state index in [4.69, 9.17) is 33.2 Å². The second kappa shape index (κ2) is 16.3. The van der Waals surface area contributed by atoms with E-state index in [9.17, 15) is 50.8 Å². The van der Waals surface area contributed by atoms with Crippen molar-refractivity contribution in [2.75, 3.05) is 13.2 Å². The van der Waals surface area contributed by atoms with Crippen LogP contribution >= 0.6 is 0 Å². The summed E-state index contributed by atoms with van der Waals surface area (Å²) >= 11 is 0. The first-order chi connectivity index (χ1) is 30.4. The number of carbonyl (C=O) groups excluding carboxylic acids is 1. The number of hydrogen-bond acceptors (Lipinski definition) is 17. The van der Waals surface area contributed by atoms with E-state index in [1.54, 1.807) is 0 Å². The maximum atomic E-state index is 12.5. The van der Waals surface area contributed by atoms with Crippen molar-refractivity contribution in [1.82, 2.24) is 0 Å². The molecule has 1 spiro atoms. The number of hydrogen-bond donors (Lipinski definition) is 9. The lowest BCUT2D eigenvalue weighted by Gasteiger charge is -2.74. The third-order valence-electron chi connectivity index (χ3n) is 20.2. The summed E-state index contributed by atoms with van der Waals surface area (Å²) in [6, 6.07) is 0. The first-order valence-corrected chi connectivity index (χ1v) is 24.2. The van der Waals surface area contributed by atoms with Crippen LogP contribution in [-0.4, -0.2) is 169 Å². The lowest BCUT2D eigenvalue weighted by atomic mass is 9.30. The molecule has 0 aromatic carbocycles. The molecule has 0 aromatic rings. The van der Waals surface area contributed by atoms with Gasteiger partial charge in [-0.3, -0.25) is 0 Å². The minimum Gasteiger partial charge on any atom is -0.491 e. The number of ether oxygens (including phenoxy) is 7. The fraction of sp³-hybridized carbons (Fsp3) is 0.938. The average Bonchev–Trinajstić information content (AvgIpc) is 3.47. The van der Waals surface area contributed by atoms with Gasteiger partial charge in [0.2, 0.25) is 0 Å². The van der Waals surface area contributed by atoms with Crippen LogP contribution in [0.25, 0.3) is 0 Å². The van der Waals surface area contributed by atoms with Crippen molar-refractivity contribution in [3.8, 4) is 0 Å². The zero-order valence-corrected chi connectivity index (χ0v) is 39.0. The van der Waals surface area contributed by atoms with E-state index in [1.165, 1.54) is 6.92 Å². The van der Waals surface area contributed by atoms with E-state index in [2.05, 4.69) is 48.1 Å². The van der Waals surface area contributed by atoms with Crippen molar-refractivity contribution < 1.29 is 83.9 Å². The first-order valence-electron chi connectivity index (χ1n) is 24.2. The predicted octanol–water partition coefficient (Wildman–Crippen LogP) is 1.18. The lowest BCUT2D eigenvalue weighted by Crippen LogP contribution is -2.74. The molecule has 4 aliphatic heterocycles. The molecule has 65 heavy (non-hydrogen) atoms. The summed E-state index contributed by atoms with van der Waals surface area (Å²) in [6.07, 6.45) is -13.0. The highest BCUT2D eigenvalue weighted by atomic mass is 16.8. The quantitative estimate of drug-likeness (QED) is 0.122. The highest BCUT2D eigenvalue weighted by Crippen LogP contribution is 2.82. The van der Waals surface area contributed by atoms with Crippen LogP contribution in [-0.2, 0) is 38.0 Å². The molecule has 9 fully saturated rings. The molecular formula is C48H76O17. The standard InChI is InChI=1S/C48H76O17/c1-22-31(52)34(55)37(58)40(60-22)64-38-35(56)32(53)24(19-49)61-41(38)62-25-20-59-39(36(57)33(25)54)63-30-11-12-44(6)26(42(30,3)4)9-13-45(7)27(44)10-14-48-28-17-43(5,21-50)15-16-47(28,23(2)65-48)29(51)18-46(45,48)8/h21-22,24-41,49,51-58H,2,9-20H2,1,3-8H3/t22-,24-,25+,26+,27-,28-,29-,30+,31-,32-,33+,34+,35+,36-,37+,38-,39+,40-,41+,43+,44+,45-,46+,47-,48+/m1/s1. The number of aliphatic hydroxyl groups excluding tert-OH is 9. The maximum Gasteiger partial charge on any atom is 0.187 e. The van der Waals surface area contributed by atoms with Crippen LogP contribution < -0.4 is 0 Å². The maximum absolute atomic E-state index is 12.5. The van der Waals surface area contributed by atoms with Crippen molar-refractivity contribution in [1.29, 1.82) is 0 Å². The van der Waals surface area contributed by atoms with E-state index < -0.39 is 115 Å². The molecule has 5 saturated carbocycles. The van der Waals surface area contributed by atoms with Crippen LogP contribution in [0.5, 0.6) is 0 Å². The van der Waals surface area contributed by atoms with Gasteiger partial charge in [0.1, 0.15) is 72.9 Å². The molecule has 4 heterocycles. The van der Waals surface area contributed by atoms with Crippen LogP contribution in [0.4, 0.5) is 0 Å². The SMILES string of the molecule is C=C1O[C@]23CC[C@@H]4[C@@]5(C)CC[C@H](O[C@@H]6OC[C@H](O[C@@H]7O[C@H](CO)[C@@H](O)[C@H](O)[C@H]7O[C@H]7O[C@H](C)[C@@H](O)[C@H](O)[C@@H]7O)[C@H](O)[C@H]6O)C(C)(C)[C@@H]5CC[C@@]4(C)[C@]2(C)C[C@@H](O)[C@]12CC[C@](C)(C=O)C[C@H]23. The summed E-state index contributed by atoms with van der Waals surface area (Å²) in [5.41, 5.74) is -2.56. The van der Waals surface area contributed by atoms with Gasteiger partial charge in [0.25, 0.3) is 0 Å². The van der Waals surface area contributed by atoms with Crippen molar-refractivity contribution in [3.63, 3.8) is 0 Å². The highest BCUT2D eigenvalue weighted by molar-refractivity contribution is 5.59. The van der Waals surface area contributed by atoms with Crippen molar-refractivity contribution in [2.45, 2.75) is 216 Å². The molecule has 370 valence electrons. The first kappa shape index (κ1) is 48.6. The second-order valence-electron chi connectivity index (χ2n) is 23.5. The zero-order valence-electron chi connectivity index (χ0n) is 39.0. The number of rotatable bonds is 8. The van der Waals surface area contributed by atoms with E-state index >= 15 is 0 Å². The molecular weight excluding hydrogens is 849 g/mol. The molecule has 0 aromatic heterocycles. The monoisotopic (exact) mass is 925 g/mol. The topological polar surface area (TPSA) is 264 Å². The Hall–Kier alpha value is -1.39. The van der Waals surface area contributed by atoms with Gasteiger partial charge in [-0.15, -0.1) is 0 Å². The van der Waals surface area contributed by atoms with Crippen molar-refractivity contribution in [3.05, 3.63) is 12.3 Å². The van der Waals surface area contributed by atoms with Crippen LogP contribution in [0.15, 0.2) is 12.3 Å². The van der Waals surface area contributed by atoms with E-state index in [-0.39, 0.29) is 46.2 Å². The summed E-state index contributed by atoms with van der Waals surface area (Å²) in [5, 5.41) is 98.2. The summed E-state index contributed by atoms with van der Waals surface area (Å²) in [6.45, 7) is 18.7. The van der Waals surface area contributed by atoms with Gasteiger partial charge in [0.05, 0.1) is 42.7 Å². The number of fused-ring (bicyclic) bond motifs is 4. The molecule has 25 atom stereocenters. The molecule has 2 bridgehead atoms. The van der Waals surface area contributed by atoms with Gasteiger partial charge >= 0.3 is 0 Å². The number of carbonyl (C=O) groups is 1. The Morgan fingerprint density at radius 1 is 0.692 bits per heavy atom. The Bertz CT molecular complexity index is 1820. The minimum atomic E-state index is -1.76. The number of aliphatic hydroxyl groups is 9. The largest absolute Gasteiger partial charge is 0.491 e. The smallest absolute Gasteiger partial charge is 0.187 e. The van der Waals surface area contributed by atoms with E-state index in [0.29, 0.717) is 43.8 Å². The minimum absolute atomic E-state index is 0.00758. The third-order valence-corrected chi connectivity index (χ3v) is 20.2. The molecule has 0 radical (unpaired) electrons. The molecule has 5 aliphatic carbocycles. The van der Waals surface area contributed by atoms with Crippen molar-refractivity contribution in [2.24, 2.45) is 50.2 Å². The molecule has 9 rings (SSSR count). The fourth-order valence-corrected chi connectivity index (χ4v) is 16.2. The predicted molar refractivity (Wildman–Crippen MR) is 227 cm³/mol. The molecule has 4 saturated heterocycles. The van der Waals surface area contributed by atoms with Crippen LogP contribution in [0.1, 0.15) is 113 Å². The number of aldehydes is 1.